The van der Waals surface area contributed by atoms with Gasteiger partial charge >= 0.3 is 0 Å². The molecule has 3 heterocycles. The van der Waals surface area contributed by atoms with Crippen LogP contribution in [0.4, 0.5) is 11.4 Å². The van der Waals surface area contributed by atoms with Crippen molar-refractivity contribution >= 4 is 34.5 Å². The number of aromatic nitrogens is 3. The number of aliphatic hydroxyl groups excluding tert-OH is 1. The van der Waals surface area contributed by atoms with Crippen LogP contribution in [0.2, 0.25) is 5.02 Å². The summed E-state index contributed by atoms with van der Waals surface area (Å²) in [5, 5.41) is 20.5. The van der Waals surface area contributed by atoms with Crippen LogP contribution in [0.15, 0.2) is 67.1 Å². The first kappa shape index (κ1) is 22.3. The zero-order valence-corrected chi connectivity index (χ0v) is 19.2. The highest BCUT2D eigenvalue weighted by atomic mass is 35.5. The molecule has 3 N–H and O–H groups in total. The molecule has 1 saturated heterocycles. The minimum absolute atomic E-state index is 0.124. The second-order valence-corrected chi connectivity index (χ2v) is 8.69. The van der Waals surface area contributed by atoms with Crippen molar-refractivity contribution in [1.29, 1.82) is 0 Å². The molecule has 0 radical (unpaired) electrons. The Kier molecular flexibility index (Phi) is 6.44. The van der Waals surface area contributed by atoms with E-state index in [-0.39, 0.29) is 12.5 Å². The van der Waals surface area contributed by atoms with Crippen molar-refractivity contribution in [3.05, 3.63) is 77.7 Å². The number of benzene rings is 2. The van der Waals surface area contributed by atoms with E-state index in [9.17, 15) is 4.79 Å². The van der Waals surface area contributed by atoms with Gasteiger partial charge in [0.1, 0.15) is 0 Å². The number of hydrogen-bond acceptors (Lipinski definition) is 6. The number of nitrogens with one attached hydrogen (secondary N) is 2. The molecule has 5 rings (SSSR count). The molecular weight excluding hydrogens is 452 g/mol. The second-order valence-electron chi connectivity index (χ2n) is 8.26. The number of para-hydroxylation sites is 2. The van der Waals surface area contributed by atoms with Crippen molar-refractivity contribution in [1.82, 2.24) is 19.9 Å². The van der Waals surface area contributed by atoms with Crippen LogP contribution in [-0.4, -0.2) is 57.9 Å². The lowest BCUT2D eigenvalue weighted by molar-refractivity contribution is 0.102. The molecule has 0 bridgehead atoms. The lowest BCUT2D eigenvalue weighted by Gasteiger charge is -2.22. The summed E-state index contributed by atoms with van der Waals surface area (Å²) in [6.07, 6.45) is 5.97. The van der Waals surface area contributed by atoms with E-state index in [1.54, 1.807) is 23.1 Å². The number of carbonyl (C=O) groups is 1. The molecule has 1 aliphatic heterocycles. The molecule has 1 fully saturated rings. The maximum absolute atomic E-state index is 13.1. The van der Waals surface area contributed by atoms with Gasteiger partial charge in [0.2, 0.25) is 0 Å². The van der Waals surface area contributed by atoms with Gasteiger partial charge in [-0.25, -0.2) is 9.50 Å². The third-order valence-electron chi connectivity index (χ3n) is 6.00. The van der Waals surface area contributed by atoms with Crippen molar-refractivity contribution in [2.75, 3.05) is 36.5 Å². The molecule has 4 aromatic rings. The number of nitrogens with zero attached hydrogens (tertiary/aromatic N) is 4. The summed E-state index contributed by atoms with van der Waals surface area (Å²) in [6, 6.07) is 15.6. The molecule has 2 aromatic carbocycles. The van der Waals surface area contributed by atoms with Gasteiger partial charge in [-0.2, -0.15) is 5.10 Å². The molecule has 0 spiro atoms. The summed E-state index contributed by atoms with van der Waals surface area (Å²) in [4.78, 5) is 19.8. The highest BCUT2D eigenvalue weighted by molar-refractivity contribution is 6.30. The lowest BCUT2D eigenvalue weighted by atomic mass is 10.1. The Morgan fingerprint density at radius 1 is 1.15 bits per heavy atom. The Morgan fingerprint density at radius 3 is 2.79 bits per heavy atom. The smallest absolute Gasteiger partial charge is 0.258 e. The van der Waals surface area contributed by atoms with E-state index in [0.717, 1.165) is 42.0 Å². The number of hydrogen-bond donors (Lipinski definition) is 3. The zero-order valence-electron chi connectivity index (χ0n) is 18.5. The molecule has 1 atom stereocenters. The van der Waals surface area contributed by atoms with Crippen molar-refractivity contribution in [2.45, 2.75) is 12.5 Å². The number of aliphatic hydroxyl groups is 1. The summed E-state index contributed by atoms with van der Waals surface area (Å²) < 4.78 is 1.61. The van der Waals surface area contributed by atoms with Gasteiger partial charge < -0.3 is 20.6 Å². The molecule has 34 heavy (non-hydrogen) atoms. The fourth-order valence-corrected chi connectivity index (χ4v) is 4.41. The lowest BCUT2D eigenvalue weighted by Crippen LogP contribution is -2.34. The number of amides is 1. The molecule has 0 aliphatic carbocycles. The normalized spacial score (nSPS) is 15.7. The summed E-state index contributed by atoms with van der Waals surface area (Å²) in [5.74, 6) is -0.250. The molecular formula is C25H25ClN6O2. The van der Waals surface area contributed by atoms with E-state index in [1.165, 1.54) is 0 Å². The van der Waals surface area contributed by atoms with Crippen molar-refractivity contribution in [3.63, 3.8) is 0 Å². The van der Waals surface area contributed by atoms with Gasteiger partial charge in [0.25, 0.3) is 5.91 Å². The molecule has 9 heteroatoms. The topological polar surface area (TPSA) is 94.8 Å². The summed E-state index contributed by atoms with van der Waals surface area (Å²) in [5.41, 5.74) is 4.62. The minimum Gasteiger partial charge on any atom is -0.395 e. The highest BCUT2D eigenvalue weighted by Crippen LogP contribution is 2.29. The van der Waals surface area contributed by atoms with Gasteiger partial charge in [0.05, 0.1) is 29.7 Å². The van der Waals surface area contributed by atoms with E-state index in [4.69, 9.17) is 16.7 Å². The molecule has 0 saturated carbocycles. The van der Waals surface area contributed by atoms with Gasteiger partial charge in [-0.05, 0) is 36.2 Å². The van der Waals surface area contributed by atoms with Gasteiger partial charge in [0.15, 0.2) is 5.65 Å². The van der Waals surface area contributed by atoms with E-state index in [2.05, 4.69) is 25.6 Å². The van der Waals surface area contributed by atoms with Crippen molar-refractivity contribution in [3.8, 4) is 11.1 Å². The SMILES string of the molecule is O=C(Nc1ccccc1N1CC[C@@H](NCCO)C1)c1cnc2c(-c3ccc(Cl)cc3)cnn2c1. The van der Waals surface area contributed by atoms with E-state index >= 15 is 0 Å². The largest absolute Gasteiger partial charge is 0.395 e. The minimum atomic E-state index is -0.250. The first-order valence-corrected chi connectivity index (χ1v) is 11.6. The summed E-state index contributed by atoms with van der Waals surface area (Å²) in [7, 11) is 0. The van der Waals surface area contributed by atoms with Crippen LogP contribution in [0.25, 0.3) is 16.8 Å². The fourth-order valence-electron chi connectivity index (χ4n) is 4.29. The van der Waals surface area contributed by atoms with Crippen LogP contribution < -0.4 is 15.5 Å². The highest BCUT2D eigenvalue weighted by Gasteiger charge is 2.24. The fraction of sp³-hybridized carbons (Fsp3) is 0.240. The van der Waals surface area contributed by atoms with E-state index in [0.29, 0.717) is 28.8 Å². The number of rotatable bonds is 7. The van der Waals surface area contributed by atoms with Gasteiger partial charge in [0, 0.05) is 48.7 Å². The molecule has 1 aliphatic rings. The van der Waals surface area contributed by atoms with Crippen LogP contribution in [0.1, 0.15) is 16.8 Å². The monoisotopic (exact) mass is 476 g/mol. The first-order valence-electron chi connectivity index (χ1n) is 11.2. The number of fused-ring (bicyclic) bond motifs is 1. The average Bonchev–Trinajstić information content (AvgIpc) is 3.50. The second kappa shape index (κ2) is 9.80. The van der Waals surface area contributed by atoms with Gasteiger partial charge in [-0.3, -0.25) is 4.79 Å². The Bertz CT molecular complexity index is 1310. The summed E-state index contributed by atoms with van der Waals surface area (Å²) >= 11 is 6.00. The summed E-state index contributed by atoms with van der Waals surface area (Å²) in [6.45, 7) is 2.41. The van der Waals surface area contributed by atoms with Gasteiger partial charge in [-0.15, -0.1) is 0 Å². The van der Waals surface area contributed by atoms with Crippen LogP contribution in [0.3, 0.4) is 0 Å². The Hall–Kier alpha value is -3.46. The van der Waals surface area contributed by atoms with Gasteiger partial charge in [-0.1, -0.05) is 35.9 Å². The van der Waals surface area contributed by atoms with E-state index < -0.39 is 0 Å². The Balaban J connectivity index is 1.34. The van der Waals surface area contributed by atoms with Crippen molar-refractivity contribution < 1.29 is 9.90 Å². The number of carbonyl (C=O) groups excluding carboxylic acids is 1. The van der Waals surface area contributed by atoms with Crippen LogP contribution in [0.5, 0.6) is 0 Å². The quantitative estimate of drug-likeness (QED) is 0.378. The van der Waals surface area contributed by atoms with Crippen LogP contribution in [-0.2, 0) is 0 Å². The number of halogens is 1. The average molecular weight is 477 g/mol. The molecule has 174 valence electrons. The molecule has 8 nitrogen and oxygen atoms in total. The third-order valence-corrected chi connectivity index (χ3v) is 6.25. The first-order chi connectivity index (χ1) is 16.6. The Morgan fingerprint density at radius 2 is 1.97 bits per heavy atom. The van der Waals surface area contributed by atoms with Crippen LogP contribution in [0, 0.1) is 0 Å². The third kappa shape index (κ3) is 4.61. The zero-order chi connectivity index (χ0) is 23.5. The molecule has 0 unspecified atom stereocenters. The predicted octanol–water partition coefficient (Wildman–Crippen LogP) is 3.46. The molecule has 1 amide bonds. The van der Waals surface area contributed by atoms with E-state index in [1.807, 2.05) is 48.5 Å². The standard InChI is InChI=1S/C25H25ClN6O2/c26-19-7-5-17(6-8-19)21-14-29-32-15-18(13-28-24(21)32)25(34)30-22-3-1-2-4-23(22)31-11-9-20(16-31)27-10-12-33/h1-8,13-15,20,27,33H,9-12,16H2,(H,30,34)/t20-/m1/s1. The maximum Gasteiger partial charge on any atom is 0.258 e. The number of anilines is 2. The predicted molar refractivity (Wildman–Crippen MR) is 134 cm³/mol. The maximum atomic E-state index is 13.1. The van der Waals surface area contributed by atoms with Crippen molar-refractivity contribution in [2.24, 2.45) is 0 Å². The molecule has 2 aromatic heterocycles. The van der Waals surface area contributed by atoms with Crippen LogP contribution >= 0.6 is 11.6 Å². The Labute approximate surface area is 202 Å².